The molecule has 0 aromatic carbocycles. The van der Waals surface area contributed by atoms with E-state index in [9.17, 15) is 69.8 Å². The second-order valence-corrected chi connectivity index (χ2v) is 17.2. The minimum absolute atomic E-state index is 0.114. The molecule has 1 aliphatic heterocycles. The van der Waals surface area contributed by atoms with Gasteiger partial charge < -0.3 is 38.4 Å². The lowest BCUT2D eigenvalue weighted by atomic mass is 9.46. The highest BCUT2D eigenvalue weighted by molar-refractivity contribution is 5.72. The first-order valence-electron chi connectivity index (χ1n) is 21.0. The lowest BCUT2D eigenvalue weighted by molar-refractivity contribution is -0.479. The molecule has 25 nitrogen and oxygen atoms in total. The fraction of sp³-hybridized carbons (Fsp3) is 0.725. The number of hydrogen-bond donors (Lipinski definition) is 2. The molecule has 0 bridgehead atoms. The van der Waals surface area contributed by atoms with E-state index in [0.29, 0.717) is 17.8 Å². The van der Waals surface area contributed by atoms with Gasteiger partial charge in [-0.05, 0) is 74.2 Å². The highest BCUT2D eigenvalue weighted by Crippen LogP contribution is 2.67. The minimum atomic E-state index is -2.22. The van der Waals surface area contributed by atoms with Crippen molar-refractivity contribution < 1.29 is 77.3 Å². The molecular formula is C40H51N5O20. The Morgan fingerprint density at radius 1 is 0.800 bits per heavy atom. The summed E-state index contributed by atoms with van der Waals surface area (Å²) in [6.45, 7) is 0.254. The number of carbonyl (C=O) groups is 4. The van der Waals surface area contributed by atoms with Gasteiger partial charge in [0, 0.05) is 30.7 Å². The largest absolute Gasteiger partial charge is 0.463 e. The molecule has 5 aliphatic rings. The van der Waals surface area contributed by atoms with Gasteiger partial charge in [-0.3, -0.25) is 59.6 Å². The average molecular weight is 922 g/mol. The van der Waals surface area contributed by atoms with Crippen LogP contribution >= 0.6 is 0 Å². The van der Waals surface area contributed by atoms with Crippen molar-refractivity contribution in [2.75, 3.05) is 32.8 Å². The van der Waals surface area contributed by atoms with Crippen LogP contribution in [0, 0.1) is 81.4 Å². The van der Waals surface area contributed by atoms with Crippen LogP contribution in [0.25, 0.3) is 6.08 Å². The van der Waals surface area contributed by atoms with Gasteiger partial charge in [0.05, 0.1) is 6.20 Å². The van der Waals surface area contributed by atoms with Crippen molar-refractivity contribution in [2.24, 2.45) is 28.6 Å². The number of rotatable bonds is 17. The molecule has 0 amide bonds. The zero-order chi connectivity index (χ0) is 47.9. The highest BCUT2D eigenvalue weighted by Gasteiger charge is 2.64. The molecule has 2 N–H and O–H groups in total. The molecule has 0 spiro atoms. The minimum Gasteiger partial charge on any atom is -0.463 e. The quantitative estimate of drug-likeness (QED) is 0.0740. The van der Waals surface area contributed by atoms with E-state index in [-0.39, 0.29) is 10.8 Å². The summed E-state index contributed by atoms with van der Waals surface area (Å²) in [5, 5.41) is 67.8. The van der Waals surface area contributed by atoms with Gasteiger partial charge in [0.25, 0.3) is 0 Å². The molecule has 1 aromatic heterocycles. The van der Waals surface area contributed by atoms with Crippen molar-refractivity contribution in [2.45, 2.75) is 121 Å². The summed E-state index contributed by atoms with van der Waals surface area (Å²) in [7, 11) is 0. The van der Waals surface area contributed by atoms with E-state index in [1.54, 1.807) is 5.57 Å². The van der Waals surface area contributed by atoms with Crippen molar-refractivity contribution in [3.63, 3.8) is 0 Å². The van der Waals surface area contributed by atoms with Gasteiger partial charge in [-0.15, -0.1) is 6.42 Å². The predicted octanol–water partition coefficient (Wildman–Crippen LogP) is 1.87. The molecule has 11 unspecified atom stereocenters. The molecule has 25 heteroatoms. The summed E-state index contributed by atoms with van der Waals surface area (Å²) >= 11 is 0. The van der Waals surface area contributed by atoms with Crippen LogP contribution in [0.2, 0.25) is 0 Å². The fourth-order valence-electron chi connectivity index (χ4n) is 10.2. The van der Waals surface area contributed by atoms with Crippen molar-refractivity contribution >= 4 is 30.0 Å². The number of hydrogen-bond acceptors (Lipinski definition) is 21. The maximum atomic E-state index is 12.3. The molecule has 4 fully saturated rings. The van der Waals surface area contributed by atoms with Crippen LogP contribution in [0.15, 0.2) is 16.3 Å². The standard InChI is InChI=1S/C22H27NO2.C18H24N4O18/c1-4-22(24)10-8-18-16-6-5-15-11-19-14(13-23-25-19)12-20(15,2)17(16)7-9-21(18,22)3;23-11(1-5-19(28)29)36-9-10-15(38-12(24)2-6-20(30)31)16(39-13(25)3-7-21(32)33)17(18(27)37-10)40-14(26)4-8-22(34)35/h1,11,13,16-18,24H,5-10,12H2,2-3H3;10,15-18,27H,1-9H2. The van der Waals surface area contributed by atoms with Crippen molar-refractivity contribution in [1.29, 1.82) is 0 Å². The third-order valence-electron chi connectivity index (χ3n) is 13.5. The molecule has 3 saturated carbocycles. The Morgan fingerprint density at radius 2 is 1.32 bits per heavy atom. The maximum absolute atomic E-state index is 12.3. The van der Waals surface area contributed by atoms with E-state index in [2.05, 4.69) is 31.0 Å². The number of aromatic nitrogens is 1. The smallest absolute Gasteiger partial charge is 0.313 e. The van der Waals surface area contributed by atoms with Gasteiger partial charge in [0.15, 0.2) is 30.4 Å². The number of nitrogens with zero attached hydrogens (tertiary/aromatic N) is 5. The van der Waals surface area contributed by atoms with Gasteiger partial charge in [-0.2, -0.15) is 0 Å². The van der Waals surface area contributed by atoms with Crippen LogP contribution in [0.1, 0.15) is 89.4 Å². The summed E-state index contributed by atoms with van der Waals surface area (Å²) in [5.74, 6) is 0.574. The molecular weight excluding hydrogens is 870 g/mol. The number of esters is 4. The summed E-state index contributed by atoms with van der Waals surface area (Å²) in [6.07, 6.45) is 4.21. The Hall–Kier alpha value is -6.13. The zero-order valence-corrected chi connectivity index (χ0v) is 35.6. The lowest BCUT2D eigenvalue weighted by Crippen LogP contribution is -2.62. The first-order valence-corrected chi connectivity index (χ1v) is 21.0. The van der Waals surface area contributed by atoms with Crippen molar-refractivity contribution in [3.8, 4) is 12.3 Å². The van der Waals surface area contributed by atoms with Crippen molar-refractivity contribution in [3.05, 3.63) is 63.6 Å². The molecule has 0 radical (unpaired) electrons. The number of ether oxygens (including phenoxy) is 5. The van der Waals surface area contributed by atoms with E-state index >= 15 is 0 Å². The van der Waals surface area contributed by atoms with Gasteiger partial charge >= 0.3 is 23.9 Å². The Bertz CT molecular complexity index is 2090. The third-order valence-corrected chi connectivity index (χ3v) is 13.5. The van der Waals surface area contributed by atoms with Crippen LogP contribution in [0.3, 0.4) is 0 Å². The zero-order valence-electron chi connectivity index (χ0n) is 35.6. The van der Waals surface area contributed by atoms with Crippen LogP contribution in [-0.2, 0) is 49.3 Å². The Kier molecular flexibility index (Phi) is 16.0. The number of allylic oxidation sites excluding steroid dienone is 1. The number of aliphatic hydroxyl groups excluding tert-OH is 1. The molecule has 11 atom stereocenters. The fourth-order valence-corrected chi connectivity index (χ4v) is 10.2. The molecule has 2 heterocycles. The van der Waals surface area contributed by atoms with Gasteiger partial charge in [-0.1, -0.05) is 30.5 Å². The first-order chi connectivity index (χ1) is 30.6. The molecule has 4 aliphatic carbocycles. The Labute approximate surface area is 370 Å². The third kappa shape index (κ3) is 11.6. The molecule has 6 rings (SSSR count). The van der Waals surface area contributed by atoms with Crippen molar-refractivity contribution in [1.82, 2.24) is 5.16 Å². The normalized spacial score (nSPS) is 31.8. The topological polar surface area (TPSA) is 353 Å². The van der Waals surface area contributed by atoms with Gasteiger partial charge in [-0.25, -0.2) is 0 Å². The van der Waals surface area contributed by atoms with E-state index in [0.717, 1.165) is 44.3 Å². The second kappa shape index (κ2) is 20.8. The molecule has 356 valence electrons. The van der Waals surface area contributed by atoms with Crippen LogP contribution < -0.4 is 0 Å². The predicted molar refractivity (Wildman–Crippen MR) is 214 cm³/mol. The Balaban J connectivity index is 0.000000267. The van der Waals surface area contributed by atoms with E-state index in [1.807, 2.05) is 6.20 Å². The monoisotopic (exact) mass is 921 g/mol. The summed E-state index contributed by atoms with van der Waals surface area (Å²) in [5.41, 5.74) is 1.99. The number of nitro groups is 4. The summed E-state index contributed by atoms with van der Waals surface area (Å²) in [4.78, 5) is 87.3. The lowest BCUT2D eigenvalue weighted by Gasteiger charge is -2.58. The van der Waals surface area contributed by atoms with Crippen LogP contribution in [0.4, 0.5) is 0 Å². The van der Waals surface area contributed by atoms with E-state index < -0.39 is 138 Å². The molecule has 1 aromatic rings. The van der Waals surface area contributed by atoms with Gasteiger partial charge in [0.1, 0.15) is 44.0 Å². The average Bonchev–Trinajstić information content (AvgIpc) is 3.81. The number of terminal acetylenes is 1. The maximum Gasteiger partial charge on any atom is 0.313 e. The molecule has 1 saturated heterocycles. The highest BCUT2D eigenvalue weighted by atomic mass is 16.7. The summed E-state index contributed by atoms with van der Waals surface area (Å²) in [6, 6.07) is 0. The molecule has 65 heavy (non-hydrogen) atoms. The Morgan fingerprint density at radius 3 is 1.88 bits per heavy atom. The second-order valence-electron chi connectivity index (χ2n) is 17.2. The van der Waals surface area contributed by atoms with Crippen LogP contribution in [0.5, 0.6) is 0 Å². The first kappa shape index (κ1) is 49.9. The van der Waals surface area contributed by atoms with Crippen LogP contribution in [-0.4, -0.2) is 128 Å². The van der Waals surface area contributed by atoms with E-state index in [1.165, 1.54) is 12.0 Å². The number of fused-ring (bicyclic) bond motifs is 6. The number of aliphatic hydroxyl groups is 2. The SMILES string of the molecule is C#CC1(O)CCC2C3CCC4=Cc5oncc5CC4(C)C3CCC21C.O=C(CC[N+](=O)[O-])OCC1OC(O)C(OC(=O)CC[N+](=O)[O-])C(OC(=O)CC[N+](=O)[O-])C1OC(=O)CC[N+](=O)[O-]. The summed E-state index contributed by atoms with van der Waals surface area (Å²) < 4.78 is 30.5. The van der Waals surface area contributed by atoms with Gasteiger partial charge in [0.2, 0.25) is 26.2 Å². The van der Waals surface area contributed by atoms with E-state index in [4.69, 9.17) is 34.6 Å². The number of carbonyl (C=O) groups excluding carboxylic acids is 4.